The highest BCUT2D eigenvalue weighted by molar-refractivity contribution is 7.22. The van der Waals surface area contributed by atoms with Crippen LogP contribution in [0.5, 0.6) is 17.2 Å². The molecule has 0 aliphatic carbocycles. The van der Waals surface area contributed by atoms with Gasteiger partial charge < -0.3 is 15.2 Å². The molecule has 0 aliphatic rings. The maximum Gasteiger partial charge on any atom is 0.181 e. The smallest absolute Gasteiger partial charge is 0.181 e. The summed E-state index contributed by atoms with van der Waals surface area (Å²) >= 11 is 1.45. The minimum absolute atomic E-state index is 0.562. The van der Waals surface area contributed by atoms with Gasteiger partial charge in [0.1, 0.15) is 5.75 Å². The number of hydrogen-bond acceptors (Lipinski definition) is 5. The summed E-state index contributed by atoms with van der Waals surface area (Å²) in [5.41, 5.74) is 6.59. The fourth-order valence-corrected chi connectivity index (χ4v) is 2.69. The third-order valence-electron chi connectivity index (χ3n) is 2.75. The molecule has 0 radical (unpaired) electrons. The number of ether oxygens (including phenoxy) is 2. The van der Waals surface area contributed by atoms with Crippen LogP contribution in [-0.2, 0) is 0 Å². The van der Waals surface area contributed by atoms with Crippen molar-refractivity contribution < 1.29 is 9.47 Å². The maximum atomic E-state index is 5.89. The molecule has 0 spiro atoms. The molecule has 0 saturated heterocycles. The van der Waals surface area contributed by atoms with Gasteiger partial charge >= 0.3 is 0 Å². The van der Waals surface area contributed by atoms with Crippen LogP contribution >= 0.6 is 11.3 Å². The Kier molecular flexibility index (Phi) is 3.43. The molecule has 102 valence electrons. The van der Waals surface area contributed by atoms with Crippen LogP contribution in [0.2, 0.25) is 0 Å². The molecule has 0 saturated carbocycles. The molecule has 2 aromatic carbocycles. The Labute approximate surface area is 120 Å². The van der Waals surface area contributed by atoms with Crippen molar-refractivity contribution >= 4 is 26.7 Å². The van der Waals surface area contributed by atoms with Crippen molar-refractivity contribution in [3.63, 3.8) is 0 Å². The van der Waals surface area contributed by atoms with E-state index in [1.165, 1.54) is 11.3 Å². The molecule has 4 nitrogen and oxygen atoms in total. The Morgan fingerprint density at radius 1 is 1.15 bits per heavy atom. The Hall–Kier alpha value is -2.27. The number of benzene rings is 2. The SMILES string of the molecule is CCOc1ccccc1Oc1ccc2nc(N)sc2c1. The first-order valence-electron chi connectivity index (χ1n) is 6.32. The van der Waals surface area contributed by atoms with E-state index in [0.29, 0.717) is 17.5 Å². The van der Waals surface area contributed by atoms with Crippen molar-refractivity contribution in [3.05, 3.63) is 42.5 Å². The summed E-state index contributed by atoms with van der Waals surface area (Å²) in [6.07, 6.45) is 0. The summed E-state index contributed by atoms with van der Waals surface area (Å²) < 4.78 is 12.4. The van der Waals surface area contributed by atoms with Crippen LogP contribution in [0.1, 0.15) is 6.92 Å². The van der Waals surface area contributed by atoms with E-state index in [1.54, 1.807) is 0 Å². The molecule has 0 bridgehead atoms. The van der Waals surface area contributed by atoms with Gasteiger partial charge in [0.05, 0.1) is 16.8 Å². The van der Waals surface area contributed by atoms with Crippen LogP contribution in [-0.4, -0.2) is 11.6 Å². The molecule has 5 heteroatoms. The molecule has 0 fully saturated rings. The molecule has 0 atom stereocenters. The lowest BCUT2D eigenvalue weighted by atomic mass is 10.3. The van der Waals surface area contributed by atoms with E-state index in [2.05, 4.69) is 4.98 Å². The van der Waals surface area contributed by atoms with Gasteiger partial charge in [0, 0.05) is 6.07 Å². The van der Waals surface area contributed by atoms with E-state index in [0.717, 1.165) is 21.7 Å². The van der Waals surface area contributed by atoms with Crippen LogP contribution in [0.3, 0.4) is 0 Å². The maximum absolute atomic E-state index is 5.89. The van der Waals surface area contributed by atoms with Gasteiger partial charge in [0.25, 0.3) is 0 Å². The standard InChI is InChI=1S/C15H14N2O2S/c1-2-18-12-5-3-4-6-13(12)19-10-7-8-11-14(9-10)20-15(16)17-11/h3-9H,2H2,1H3,(H2,16,17). The molecule has 1 heterocycles. The van der Waals surface area contributed by atoms with Gasteiger partial charge in [-0.1, -0.05) is 23.5 Å². The fraction of sp³-hybridized carbons (Fsp3) is 0.133. The monoisotopic (exact) mass is 286 g/mol. The van der Waals surface area contributed by atoms with E-state index < -0.39 is 0 Å². The van der Waals surface area contributed by atoms with E-state index in [-0.39, 0.29) is 0 Å². The van der Waals surface area contributed by atoms with Crippen LogP contribution < -0.4 is 15.2 Å². The zero-order valence-electron chi connectivity index (χ0n) is 11.0. The van der Waals surface area contributed by atoms with Gasteiger partial charge in [-0.05, 0) is 31.2 Å². The van der Waals surface area contributed by atoms with Crippen molar-refractivity contribution in [2.45, 2.75) is 6.92 Å². The molecule has 0 unspecified atom stereocenters. The number of anilines is 1. The minimum atomic E-state index is 0.562. The van der Waals surface area contributed by atoms with Gasteiger partial charge in [0.15, 0.2) is 16.6 Å². The van der Waals surface area contributed by atoms with Crippen molar-refractivity contribution in [1.82, 2.24) is 4.98 Å². The highest BCUT2D eigenvalue weighted by Crippen LogP contribution is 2.34. The van der Waals surface area contributed by atoms with Crippen LogP contribution in [0.15, 0.2) is 42.5 Å². The van der Waals surface area contributed by atoms with E-state index in [4.69, 9.17) is 15.2 Å². The zero-order valence-corrected chi connectivity index (χ0v) is 11.8. The van der Waals surface area contributed by atoms with Crippen molar-refractivity contribution in [1.29, 1.82) is 0 Å². The third-order valence-corrected chi connectivity index (χ3v) is 3.60. The predicted molar refractivity (Wildman–Crippen MR) is 81.7 cm³/mol. The van der Waals surface area contributed by atoms with Crippen LogP contribution in [0.25, 0.3) is 10.2 Å². The predicted octanol–water partition coefficient (Wildman–Crippen LogP) is 4.07. The summed E-state index contributed by atoms with van der Waals surface area (Å²) in [5, 5.41) is 0.562. The van der Waals surface area contributed by atoms with E-state index in [1.807, 2.05) is 49.4 Å². The van der Waals surface area contributed by atoms with Crippen molar-refractivity contribution in [3.8, 4) is 17.2 Å². The summed E-state index contributed by atoms with van der Waals surface area (Å²) in [5.74, 6) is 2.18. The average molecular weight is 286 g/mol. The fourth-order valence-electron chi connectivity index (χ4n) is 1.92. The Morgan fingerprint density at radius 3 is 2.75 bits per heavy atom. The van der Waals surface area contributed by atoms with Crippen LogP contribution in [0, 0.1) is 0 Å². The molecule has 0 amide bonds. The lowest BCUT2D eigenvalue weighted by molar-refractivity contribution is 0.321. The topological polar surface area (TPSA) is 57.4 Å². The van der Waals surface area contributed by atoms with Gasteiger partial charge in [-0.2, -0.15) is 0 Å². The molecule has 20 heavy (non-hydrogen) atoms. The Morgan fingerprint density at radius 2 is 1.95 bits per heavy atom. The number of nitrogens with zero attached hydrogens (tertiary/aromatic N) is 1. The lowest BCUT2D eigenvalue weighted by Gasteiger charge is -2.11. The van der Waals surface area contributed by atoms with Crippen molar-refractivity contribution in [2.24, 2.45) is 0 Å². The lowest BCUT2D eigenvalue weighted by Crippen LogP contribution is -1.94. The molecule has 3 aromatic rings. The number of aromatic nitrogens is 1. The molecular formula is C15H14N2O2S. The van der Waals surface area contributed by atoms with Gasteiger partial charge in [-0.15, -0.1) is 0 Å². The van der Waals surface area contributed by atoms with Gasteiger partial charge in [-0.3, -0.25) is 0 Å². The Balaban J connectivity index is 1.92. The molecular weight excluding hydrogens is 272 g/mol. The number of rotatable bonds is 4. The first-order valence-corrected chi connectivity index (χ1v) is 7.13. The minimum Gasteiger partial charge on any atom is -0.490 e. The summed E-state index contributed by atoms with van der Waals surface area (Å²) in [7, 11) is 0. The van der Waals surface area contributed by atoms with Gasteiger partial charge in [-0.25, -0.2) is 4.98 Å². The number of hydrogen-bond donors (Lipinski definition) is 1. The highest BCUT2D eigenvalue weighted by Gasteiger charge is 2.07. The van der Waals surface area contributed by atoms with E-state index >= 15 is 0 Å². The number of nitrogen functional groups attached to an aromatic ring is 1. The second-order valence-electron chi connectivity index (χ2n) is 4.16. The third kappa shape index (κ3) is 2.53. The van der Waals surface area contributed by atoms with E-state index in [9.17, 15) is 0 Å². The summed E-state index contributed by atoms with van der Waals surface area (Å²) in [6, 6.07) is 13.3. The quantitative estimate of drug-likeness (QED) is 0.785. The summed E-state index contributed by atoms with van der Waals surface area (Å²) in [6.45, 7) is 2.55. The largest absolute Gasteiger partial charge is 0.490 e. The average Bonchev–Trinajstić information content (AvgIpc) is 2.81. The first-order chi connectivity index (χ1) is 9.76. The van der Waals surface area contributed by atoms with Gasteiger partial charge in [0.2, 0.25) is 0 Å². The van der Waals surface area contributed by atoms with Crippen LogP contribution in [0.4, 0.5) is 5.13 Å². The second kappa shape index (κ2) is 5.38. The number of para-hydroxylation sites is 2. The number of nitrogens with two attached hydrogens (primary N) is 1. The number of thiazole rings is 1. The molecule has 0 aliphatic heterocycles. The Bertz CT molecular complexity index is 740. The molecule has 1 aromatic heterocycles. The normalized spacial score (nSPS) is 10.7. The highest BCUT2D eigenvalue weighted by atomic mass is 32.1. The zero-order chi connectivity index (χ0) is 13.9. The molecule has 3 rings (SSSR count). The first kappa shape index (κ1) is 12.7. The number of fused-ring (bicyclic) bond motifs is 1. The second-order valence-corrected chi connectivity index (χ2v) is 5.23. The molecule has 2 N–H and O–H groups in total. The van der Waals surface area contributed by atoms with Crippen molar-refractivity contribution in [2.75, 3.05) is 12.3 Å². The summed E-state index contributed by atoms with van der Waals surface area (Å²) in [4.78, 5) is 4.22.